The number of carboxylic acid groups (broad SMARTS) is 1. The fourth-order valence-corrected chi connectivity index (χ4v) is 3.51. The van der Waals surface area contributed by atoms with E-state index < -0.39 is 12.0 Å². The van der Waals surface area contributed by atoms with Crippen LogP contribution in [0, 0.1) is 7.14 Å². The summed E-state index contributed by atoms with van der Waals surface area (Å²) in [6.45, 7) is 0. The predicted octanol–water partition coefficient (Wildman–Crippen LogP) is 1.30. The summed E-state index contributed by atoms with van der Waals surface area (Å²) in [5.41, 5.74) is 4.39. The van der Waals surface area contributed by atoms with Gasteiger partial charge in [0.2, 0.25) is 0 Å². The van der Waals surface area contributed by atoms with E-state index in [2.05, 4.69) is 5.73 Å². The monoisotopic (exact) mass is 525 g/mol. The Bertz CT molecular complexity index is 665. The average Bonchev–Trinajstić information content (AvgIpc) is 2.46. The van der Waals surface area contributed by atoms with Crippen LogP contribution >= 0.6 is 45.2 Å². The maximum Gasteiger partial charge on any atom is 0.142 e. The van der Waals surface area contributed by atoms with Crippen molar-refractivity contribution < 1.29 is 25.5 Å². The molecule has 2 aromatic carbocycles. The summed E-state index contributed by atoms with van der Waals surface area (Å²) in [4.78, 5) is 10.7. The van der Waals surface area contributed by atoms with Crippen molar-refractivity contribution in [1.29, 1.82) is 0 Å². The van der Waals surface area contributed by atoms with Gasteiger partial charge in [-0.25, -0.2) is 0 Å². The zero-order valence-electron chi connectivity index (χ0n) is 11.4. The van der Waals surface area contributed by atoms with Crippen LogP contribution in [0.3, 0.4) is 0 Å². The van der Waals surface area contributed by atoms with Crippen LogP contribution in [0.5, 0.6) is 17.2 Å². The van der Waals surface area contributed by atoms with E-state index in [-0.39, 0.29) is 5.75 Å². The Kier molecular flexibility index (Phi) is 5.87. The van der Waals surface area contributed by atoms with Crippen molar-refractivity contribution in [3.63, 3.8) is 0 Å². The molecule has 7 heteroatoms. The molecule has 0 aromatic heterocycles. The number of phenols is 1. The molecule has 0 saturated carbocycles. The van der Waals surface area contributed by atoms with Gasteiger partial charge in [0.25, 0.3) is 0 Å². The Labute approximate surface area is 154 Å². The molecule has 4 N–H and O–H groups in total. The second-order valence-electron chi connectivity index (χ2n) is 4.70. The summed E-state index contributed by atoms with van der Waals surface area (Å²) >= 11 is 4.08. The molecule has 0 saturated heterocycles. The number of rotatable bonds is 5. The largest absolute Gasteiger partial charge is 0.544 e. The molecule has 22 heavy (non-hydrogen) atoms. The second kappa shape index (κ2) is 7.47. The number of phenolic OH excluding ortho intramolecular Hbond substituents is 1. The molecule has 116 valence electrons. The Balaban J connectivity index is 2.10. The molecule has 0 aliphatic carbocycles. The van der Waals surface area contributed by atoms with E-state index in [0.29, 0.717) is 25.1 Å². The number of halogens is 2. The van der Waals surface area contributed by atoms with Crippen LogP contribution in [0.15, 0.2) is 36.4 Å². The molecule has 0 amide bonds. The predicted molar refractivity (Wildman–Crippen MR) is 95.4 cm³/mol. The number of carboxylic acids is 1. The molecule has 0 fully saturated rings. The van der Waals surface area contributed by atoms with Crippen molar-refractivity contribution >= 4 is 51.2 Å². The first-order valence-corrected chi connectivity index (χ1v) is 8.51. The number of benzene rings is 2. The van der Waals surface area contributed by atoms with Gasteiger partial charge in [0.15, 0.2) is 0 Å². The Morgan fingerprint density at radius 2 is 1.73 bits per heavy atom. The van der Waals surface area contributed by atoms with E-state index in [4.69, 9.17) is 4.74 Å². The van der Waals surface area contributed by atoms with Crippen LogP contribution < -0.4 is 15.6 Å². The number of quaternary nitrogens is 1. The summed E-state index contributed by atoms with van der Waals surface area (Å²) < 4.78 is 7.16. The minimum absolute atomic E-state index is 0.243. The number of aliphatic carboxylic acids is 1. The summed E-state index contributed by atoms with van der Waals surface area (Å²) in [6.07, 6.45) is 0.317. The molecule has 1 atom stereocenters. The molecule has 5 nitrogen and oxygen atoms in total. The Morgan fingerprint density at radius 3 is 2.23 bits per heavy atom. The van der Waals surface area contributed by atoms with E-state index in [1.54, 1.807) is 36.4 Å². The van der Waals surface area contributed by atoms with E-state index in [9.17, 15) is 15.0 Å². The summed E-state index contributed by atoms with van der Waals surface area (Å²) in [5.74, 6) is 0.348. The van der Waals surface area contributed by atoms with E-state index >= 15 is 0 Å². The van der Waals surface area contributed by atoms with E-state index in [1.807, 2.05) is 45.2 Å². The standard InChI is InChI=1S/C15H13I2NO4/c16-11-6-10(7-12(17)14(11)19)22-9-3-1-8(2-4-9)5-13(18)15(20)21/h1-4,6-7,13,19H,5,18H2,(H,20,21)/t13-/m0/s1. The van der Waals surface area contributed by atoms with Gasteiger partial charge < -0.3 is 25.5 Å². The molecule has 0 unspecified atom stereocenters. The molecule has 0 spiro atoms. The highest BCUT2D eigenvalue weighted by atomic mass is 127. The van der Waals surface area contributed by atoms with Crippen molar-refractivity contribution in [3.05, 3.63) is 49.1 Å². The molecule has 2 aromatic rings. The van der Waals surface area contributed by atoms with E-state index in [1.165, 1.54) is 0 Å². The molecular formula is C15H13I2NO4. The SMILES string of the molecule is [NH3+][C@@H](Cc1ccc(Oc2cc(I)c(O)c(I)c2)cc1)C(=O)[O-]. The van der Waals surface area contributed by atoms with Crippen molar-refractivity contribution in [3.8, 4) is 17.2 Å². The van der Waals surface area contributed by atoms with Crippen LogP contribution in [0.4, 0.5) is 0 Å². The van der Waals surface area contributed by atoms with Gasteiger partial charge in [0.05, 0.1) is 13.1 Å². The first-order chi connectivity index (χ1) is 10.4. The third kappa shape index (κ3) is 4.46. The first-order valence-electron chi connectivity index (χ1n) is 6.35. The number of hydrogen-bond donors (Lipinski definition) is 2. The lowest BCUT2D eigenvalue weighted by Gasteiger charge is -2.11. The smallest absolute Gasteiger partial charge is 0.142 e. The molecule has 2 rings (SSSR count). The van der Waals surface area contributed by atoms with E-state index in [0.717, 1.165) is 5.56 Å². The second-order valence-corrected chi connectivity index (χ2v) is 7.03. The minimum atomic E-state index is -1.16. The quantitative estimate of drug-likeness (QED) is 0.576. The highest BCUT2D eigenvalue weighted by molar-refractivity contribution is 14.1. The zero-order chi connectivity index (χ0) is 16.3. The van der Waals surface area contributed by atoms with Gasteiger partial charge in [-0.1, -0.05) is 12.1 Å². The average molecular weight is 525 g/mol. The Morgan fingerprint density at radius 1 is 1.18 bits per heavy atom. The van der Waals surface area contributed by atoms with Gasteiger partial charge in [0, 0.05) is 6.42 Å². The van der Waals surface area contributed by atoms with Gasteiger partial charge >= 0.3 is 0 Å². The summed E-state index contributed by atoms with van der Waals surface area (Å²) in [5, 5.41) is 20.4. The third-order valence-corrected chi connectivity index (χ3v) is 4.61. The molecular weight excluding hydrogens is 512 g/mol. The minimum Gasteiger partial charge on any atom is -0.544 e. The van der Waals surface area contributed by atoms with Crippen LogP contribution in [0.25, 0.3) is 0 Å². The van der Waals surface area contributed by atoms with Crippen LogP contribution in [0.2, 0.25) is 0 Å². The summed E-state index contributed by atoms with van der Waals surface area (Å²) in [7, 11) is 0. The number of ether oxygens (including phenoxy) is 1. The fraction of sp³-hybridized carbons (Fsp3) is 0.133. The van der Waals surface area contributed by atoms with Crippen molar-refractivity contribution in [1.82, 2.24) is 0 Å². The maximum absolute atomic E-state index is 10.7. The zero-order valence-corrected chi connectivity index (χ0v) is 15.7. The fourth-order valence-electron chi connectivity index (χ4n) is 1.80. The topological polar surface area (TPSA) is 97.2 Å². The van der Waals surface area contributed by atoms with Crippen molar-refractivity contribution in [2.75, 3.05) is 0 Å². The van der Waals surface area contributed by atoms with Crippen LogP contribution in [0.1, 0.15) is 5.56 Å². The van der Waals surface area contributed by atoms with Gasteiger partial charge in [-0.05, 0) is 75.0 Å². The Hall–Kier alpha value is -1.07. The number of carbonyl (C=O) groups is 1. The number of aromatic hydroxyl groups is 1. The lowest BCUT2D eigenvalue weighted by atomic mass is 10.1. The third-order valence-electron chi connectivity index (χ3n) is 2.96. The maximum atomic E-state index is 10.7. The van der Waals surface area contributed by atoms with Gasteiger partial charge in [-0.2, -0.15) is 0 Å². The van der Waals surface area contributed by atoms with Crippen LogP contribution in [-0.4, -0.2) is 17.1 Å². The van der Waals surface area contributed by atoms with Gasteiger partial charge in [0.1, 0.15) is 23.3 Å². The number of carbonyl (C=O) groups excluding carboxylic acids is 1. The van der Waals surface area contributed by atoms with Gasteiger partial charge in [-0.15, -0.1) is 0 Å². The first kappa shape index (κ1) is 17.3. The van der Waals surface area contributed by atoms with Gasteiger partial charge in [-0.3, -0.25) is 0 Å². The number of hydrogen-bond acceptors (Lipinski definition) is 4. The lowest BCUT2D eigenvalue weighted by molar-refractivity contribution is -0.437. The van der Waals surface area contributed by atoms with Crippen molar-refractivity contribution in [2.24, 2.45) is 0 Å². The van der Waals surface area contributed by atoms with Crippen molar-refractivity contribution in [2.45, 2.75) is 12.5 Å². The highest BCUT2D eigenvalue weighted by Gasteiger charge is 2.10. The molecule has 0 bridgehead atoms. The highest BCUT2D eigenvalue weighted by Crippen LogP contribution is 2.32. The molecule has 0 heterocycles. The summed E-state index contributed by atoms with van der Waals surface area (Å²) in [6, 6.07) is 9.85. The normalized spacial score (nSPS) is 12.0. The molecule has 0 aliphatic rings. The molecule has 0 aliphatic heterocycles. The van der Waals surface area contributed by atoms with Crippen LogP contribution in [-0.2, 0) is 11.2 Å². The molecule has 0 radical (unpaired) electrons. The lowest BCUT2D eigenvalue weighted by Crippen LogP contribution is -2.69.